The Labute approximate surface area is 385 Å². The molecule has 3 aliphatic rings. The number of carbonyl (C=O) groups is 1. The van der Waals surface area contributed by atoms with Gasteiger partial charge in [-0.15, -0.1) is 0 Å². The Morgan fingerprint density at radius 1 is 0.538 bits per heavy atom. The van der Waals surface area contributed by atoms with E-state index in [2.05, 4.69) is 12.2 Å². The lowest BCUT2D eigenvalue weighted by atomic mass is 9.96. The fraction of sp³-hybridized carbons (Fsp3) is 0.935. The fourth-order valence-electron chi connectivity index (χ4n) is 8.42. The molecule has 0 aromatic carbocycles. The minimum absolute atomic E-state index is 0.230. The number of aliphatic hydroxyl groups is 11. The van der Waals surface area contributed by atoms with Crippen LogP contribution in [0.3, 0.4) is 0 Å². The van der Waals surface area contributed by atoms with E-state index in [1.807, 2.05) is 13.0 Å². The number of carbonyl (C=O) groups excluding carboxylic acids is 1. The summed E-state index contributed by atoms with van der Waals surface area (Å²) in [5.74, 6) is -0.302. The maximum absolute atomic E-state index is 12.9. The summed E-state index contributed by atoms with van der Waals surface area (Å²) in [7, 11) is 0. The number of hydrogen-bond acceptors (Lipinski definition) is 18. The topological polar surface area (TPSA) is 307 Å². The summed E-state index contributed by atoms with van der Waals surface area (Å²) >= 11 is 0. The van der Waals surface area contributed by atoms with Gasteiger partial charge in [0.1, 0.15) is 73.2 Å². The summed E-state index contributed by atoms with van der Waals surface area (Å²) in [6.07, 6.45) is -0.943. The lowest BCUT2D eigenvalue weighted by Gasteiger charge is -2.48. The molecule has 3 fully saturated rings. The van der Waals surface area contributed by atoms with Gasteiger partial charge in [-0.3, -0.25) is 4.79 Å². The second-order valence-electron chi connectivity index (χ2n) is 17.9. The quantitative estimate of drug-likeness (QED) is 0.0318. The van der Waals surface area contributed by atoms with Crippen LogP contribution in [0.15, 0.2) is 12.2 Å². The Kier molecular flexibility index (Phi) is 28.8. The van der Waals surface area contributed by atoms with E-state index >= 15 is 0 Å². The van der Waals surface area contributed by atoms with Gasteiger partial charge in [0.05, 0.1) is 38.6 Å². The molecule has 0 radical (unpaired) electrons. The van der Waals surface area contributed by atoms with Crippen LogP contribution in [0.4, 0.5) is 0 Å². The van der Waals surface area contributed by atoms with Crippen molar-refractivity contribution in [2.75, 3.05) is 26.4 Å². The van der Waals surface area contributed by atoms with E-state index in [-0.39, 0.29) is 18.9 Å². The van der Waals surface area contributed by atoms with E-state index < -0.39 is 124 Å². The summed E-state index contributed by atoms with van der Waals surface area (Å²) in [6, 6.07) is -0.961. The van der Waals surface area contributed by atoms with Gasteiger partial charge in [-0.1, -0.05) is 129 Å². The molecule has 12 N–H and O–H groups in total. The Balaban J connectivity index is 1.50. The molecule has 3 aliphatic heterocycles. The zero-order chi connectivity index (χ0) is 47.7. The van der Waals surface area contributed by atoms with Gasteiger partial charge in [0.15, 0.2) is 18.9 Å². The van der Waals surface area contributed by atoms with Gasteiger partial charge in [0, 0.05) is 6.42 Å². The molecule has 3 rings (SSSR count). The predicted octanol–water partition coefficient (Wildman–Crippen LogP) is 0.695. The molecule has 0 bridgehead atoms. The van der Waals surface area contributed by atoms with Gasteiger partial charge < -0.3 is 89.9 Å². The molecule has 17 unspecified atom stereocenters. The molecule has 3 saturated heterocycles. The van der Waals surface area contributed by atoms with Crippen molar-refractivity contribution in [2.45, 2.75) is 247 Å². The van der Waals surface area contributed by atoms with Crippen LogP contribution in [0.1, 0.15) is 142 Å². The number of allylic oxidation sites excluding steroid dienone is 1. The summed E-state index contributed by atoms with van der Waals surface area (Å²) in [6.45, 7) is 1.49. The van der Waals surface area contributed by atoms with Crippen LogP contribution < -0.4 is 5.32 Å². The number of nitrogens with one attached hydrogen (secondary N) is 1. The van der Waals surface area contributed by atoms with Gasteiger partial charge in [0.2, 0.25) is 5.91 Å². The normalized spacial score (nSPS) is 34.2. The molecule has 3 heterocycles. The SMILES string of the molecule is CCCCCCCCCCCCCCCCC/C=C/C(O)C(COC1OC(CO)C(OC2OC(CO)C(OC3OC(CO)C(O)C(O)C3O)C(O)C2O)C(O)C1O)NC(=O)CCCCC. The molecule has 19 heteroatoms. The third-order valence-electron chi connectivity index (χ3n) is 12.6. The second kappa shape index (κ2) is 32.4. The first-order chi connectivity index (χ1) is 31.3. The van der Waals surface area contributed by atoms with Gasteiger partial charge in [-0.05, 0) is 19.3 Å². The summed E-state index contributed by atoms with van der Waals surface area (Å²) < 4.78 is 33.9. The van der Waals surface area contributed by atoms with E-state index in [9.17, 15) is 61.0 Å². The third-order valence-corrected chi connectivity index (χ3v) is 12.6. The molecule has 0 aliphatic carbocycles. The van der Waals surface area contributed by atoms with Crippen molar-refractivity contribution in [1.29, 1.82) is 0 Å². The Bertz CT molecular complexity index is 1260. The highest BCUT2D eigenvalue weighted by atomic mass is 16.8. The second-order valence-corrected chi connectivity index (χ2v) is 17.9. The van der Waals surface area contributed by atoms with Crippen LogP contribution in [0.25, 0.3) is 0 Å². The maximum Gasteiger partial charge on any atom is 0.220 e. The van der Waals surface area contributed by atoms with Gasteiger partial charge in [0.25, 0.3) is 0 Å². The van der Waals surface area contributed by atoms with Crippen molar-refractivity contribution in [3.8, 4) is 0 Å². The molecule has 19 nitrogen and oxygen atoms in total. The Hall–Kier alpha value is -1.47. The highest BCUT2D eigenvalue weighted by molar-refractivity contribution is 5.76. The van der Waals surface area contributed by atoms with Crippen LogP contribution in [-0.4, -0.2) is 193 Å². The number of aliphatic hydroxyl groups excluding tert-OH is 11. The number of rotatable bonds is 33. The lowest BCUT2D eigenvalue weighted by molar-refractivity contribution is -0.379. The monoisotopic (exact) mass is 940 g/mol. The molecule has 0 saturated carbocycles. The molecule has 0 aromatic rings. The molecule has 0 aromatic heterocycles. The zero-order valence-corrected chi connectivity index (χ0v) is 38.7. The average Bonchev–Trinajstić information content (AvgIpc) is 3.30. The minimum Gasteiger partial charge on any atom is -0.394 e. The summed E-state index contributed by atoms with van der Waals surface area (Å²) in [4.78, 5) is 12.9. The number of unbranched alkanes of at least 4 members (excludes halogenated alkanes) is 17. The van der Waals surface area contributed by atoms with Crippen LogP contribution in [0.2, 0.25) is 0 Å². The van der Waals surface area contributed by atoms with Crippen molar-refractivity contribution in [2.24, 2.45) is 0 Å². The van der Waals surface area contributed by atoms with Gasteiger partial charge in [-0.25, -0.2) is 0 Å². The fourth-order valence-corrected chi connectivity index (χ4v) is 8.42. The van der Waals surface area contributed by atoms with Crippen molar-refractivity contribution < 1.29 is 89.4 Å². The zero-order valence-electron chi connectivity index (χ0n) is 38.7. The molecule has 382 valence electrons. The molecule has 0 spiro atoms. The summed E-state index contributed by atoms with van der Waals surface area (Å²) in [5.41, 5.74) is 0. The predicted molar refractivity (Wildman–Crippen MR) is 236 cm³/mol. The average molecular weight is 940 g/mol. The minimum atomic E-state index is -1.97. The van der Waals surface area contributed by atoms with Crippen LogP contribution in [0.5, 0.6) is 0 Å². The first-order valence-electron chi connectivity index (χ1n) is 24.4. The van der Waals surface area contributed by atoms with Crippen molar-refractivity contribution in [3.63, 3.8) is 0 Å². The first-order valence-corrected chi connectivity index (χ1v) is 24.4. The first kappa shape index (κ1) is 57.8. The van der Waals surface area contributed by atoms with Crippen molar-refractivity contribution >= 4 is 5.91 Å². The van der Waals surface area contributed by atoms with E-state index in [1.54, 1.807) is 6.08 Å². The molecular weight excluding hydrogens is 854 g/mol. The number of ether oxygens (including phenoxy) is 6. The van der Waals surface area contributed by atoms with Crippen molar-refractivity contribution in [3.05, 3.63) is 12.2 Å². The molecule has 17 atom stereocenters. The largest absolute Gasteiger partial charge is 0.394 e. The molecule has 65 heavy (non-hydrogen) atoms. The van der Waals surface area contributed by atoms with Gasteiger partial charge >= 0.3 is 0 Å². The third kappa shape index (κ3) is 19.1. The molecule has 1 amide bonds. The highest BCUT2D eigenvalue weighted by Crippen LogP contribution is 2.33. The van der Waals surface area contributed by atoms with Crippen molar-refractivity contribution in [1.82, 2.24) is 5.32 Å². The number of hydrogen-bond donors (Lipinski definition) is 12. The van der Waals surface area contributed by atoms with Gasteiger partial charge in [-0.2, -0.15) is 0 Å². The lowest BCUT2D eigenvalue weighted by Crippen LogP contribution is -2.66. The van der Waals surface area contributed by atoms with E-state index in [4.69, 9.17) is 28.4 Å². The molecular formula is C46H85NO18. The van der Waals surface area contributed by atoms with Crippen LogP contribution >= 0.6 is 0 Å². The maximum atomic E-state index is 12.9. The Morgan fingerprint density at radius 3 is 1.45 bits per heavy atom. The highest BCUT2D eigenvalue weighted by Gasteiger charge is 2.53. The smallest absolute Gasteiger partial charge is 0.220 e. The summed E-state index contributed by atoms with van der Waals surface area (Å²) in [5, 5.41) is 119. The van der Waals surface area contributed by atoms with E-state index in [0.717, 1.165) is 38.5 Å². The Morgan fingerprint density at radius 2 is 0.954 bits per heavy atom. The van der Waals surface area contributed by atoms with E-state index in [0.29, 0.717) is 6.42 Å². The van der Waals surface area contributed by atoms with E-state index in [1.165, 1.54) is 77.0 Å². The standard InChI is InChI=1S/C46H85NO18/c1-3-5-7-8-9-10-11-12-13-14-15-16-17-18-19-20-22-23-30(51)29(47-34(52)24-21-6-4-2)28-60-44-40(58)37(55)42(32(26-49)62-44)65-46-41(59)38(56)43(33(27-50)63-46)64-45-39(57)36(54)35(53)31(25-48)61-45/h22-23,29-33,35-46,48-51,53-59H,3-21,24-28H2,1-2H3,(H,47,52)/b23-22+. The number of amides is 1. The van der Waals surface area contributed by atoms with Crippen LogP contribution in [0, 0.1) is 0 Å². The van der Waals surface area contributed by atoms with Crippen LogP contribution in [-0.2, 0) is 33.2 Å².